The molecule has 6 heteroatoms. The maximum Gasteiger partial charge on any atom is 0.134 e. The van der Waals surface area contributed by atoms with Crippen molar-refractivity contribution < 1.29 is 14.2 Å². The van der Waals surface area contributed by atoms with Crippen LogP contribution in [0.5, 0.6) is 11.5 Å². The number of halogens is 2. The fourth-order valence-electron chi connectivity index (χ4n) is 1.46. The van der Waals surface area contributed by atoms with Crippen molar-refractivity contribution in [3.8, 4) is 11.5 Å². The SMILES string of the molecule is COCCNCCCOc1cc(Br)c(OC)cc1Br. The average molecular weight is 397 g/mol. The number of nitrogens with one attached hydrogen (secondary N) is 1. The Bertz CT molecular complexity index is 388. The van der Waals surface area contributed by atoms with Crippen molar-refractivity contribution in [2.24, 2.45) is 0 Å². The molecule has 1 aromatic carbocycles. The minimum Gasteiger partial charge on any atom is -0.496 e. The Kier molecular flexibility index (Phi) is 8.45. The van der Waals surface area contributed by atoms with Crippen LogP contribution >= 0.6 is 31.9 Å². The van der Waals surface area contributed by atoms with E-state index in [-0.39, 0.29) is 0 Å². The topological polar surface area (TPSA) is 39.7 Å². The van der Waals surface area contributed by atoms with E-state index in [1.165, 1.54) is 0 Å². The highest BCUT2D eigenvalue weighted by molar-refractivity contribution is 9.11. The Balaban J connectivity index is 2.31. The zero-order valence-corrected chi connectivity index (χ0v) is 14.3. The lowest BCUT2D eigenvalue weighted by molar-refractivity contribution is 0.198. The summed E-state index contributed by atoms with van der Waals surface area (Å²) in [4.78, 5) is 0. The first-order valence-electron chi connectivity index (χ1n) is 6.04. The van der Waals surface area contributed by atoms with Gasteiger partial charge in [0.05, 0.1) is 29.3 Å². The summed E-state index contributed by atoms with van der Waals surface area (Å²) in [5.41, 5.74) is 0. The summed E-state index contributed by atoms with van der Waals surface area (Å²) >= 11 is 6.91. The van der Waals surface area contributed by atoms with E-state index in [0.29, 0.717) is 6.61 Å². The zero-order valence-electron chi connectivity index (χ0n) is 11.2. The molecule has 0 spiro atoms. The second-order valence-electron chi connectivity index (χ2n) is 3.86. The summed E-state index contributed by atoms with van der Waals surface area (Å²) < 4.78 is 17.6. The van der Waals surface area contributed by atoms with Gasteiger partial charge in [-0.1, -0.05) is 0 Å². The van der Waals surface area contributed by atoms with Crippen LogP contribution in [-0.4, -0.2) is 40.5 Å². The minimum atomic E-state index is 0.664. The maximum atomic E-state index is 5.72. The Hall–Kier alpha value is -0.300. The van der Waals surface area contributed by atoms with E-state index in [0.717, 1.165) is 46.6 Å². The van der Waals surface area contributed by atoms with Gasteiger partial charge >= 0.3 is 0 Å². The Morgan fingerprint density at radius 3 is 2.37 bits per heavy atom. The Morgan fingerprint density at radius 2 is 1.68 bits per heavy atom. The fraction of sp³-hybridized carbons (Fsp3) is 0.538. The predicted molar refractivity (Wildman–Crippen MR) is 83.3 cm³/mol. The first-order valence-corrected chi connectivity index (χ1v) is 7.63. The van der Waals surface area contributed by atoms with Gasteiger partial charge in [-0.3, -0.25) is 0 Å². The van der Waals surface area contributed by atoms with Gasteiger partial charge < -0.3 is 19.5 Å². The molecule has 0 saturated carbocycles. The molecule has 19 heavy (non-hydrogen) atoms. The number of hydrogen-bond donors (Lipinski definition) is 1. The molecule has 0 atom stereocenters. The van der Waals surface area contributed by atoms with Crippen LogP contribution in [-0.2, 0) is 4.74 Å². The molecule has 4 nitrogen and oxygen atoms in total. The highest BCUT2D eigenvalue weighted by atomic mass is 79.9. The van der Waals surface area contributed by atoms with E-state index in [1.54, 1.807) is 14.2 Å². The lowest BCUT2D eigenvalue weighted by Gasteiger charge is -2.11. The smallest absolute Gasteiger partial charge is 0.134 e. The number of methoxy groups -OCH3 is 2. The van der Waals surface area contributed by atoms with Gasteiger partial charge in [-0.2, -0.15) is 0 Å². The molecule has 108 valence electrons. The van der Waals surface area contributed by atoms with Crippen molar-refractivity contribution in [3.63, 3.8) is 0 Å². The van der Waals surface area contributed by atoms with E-state index >= 15 is 0 Å². The summed E-state index contributed by atoms with van der Waals surface area (Å²) in [6.45, 7) is 3.18. The van der Waals surface area contributed by atoms with Gasteiger partial charge in [-0.05, 0) is 57.0 Å². The third-order valence-corrected chi connectivity index (χ3v) is 3.68. The highest BCUT2D eigenvalue weighted by Gasteiger charge is 2.07. The molecule has 0 aliphatic carbocycles. The van der Waals surface area contributed by atoms with E-state index in [1.807, 2.05) is 12.1 Å². The number of ether oxygens (including phenoxy) is 3. The minimum absolute atomic E-state index is 0.664. The van der Waals surface area contributed by atoms with Crippen LogP contribution in [0.25, 0.3) is 0 Å². The fourth-order valence-corrected chi connectivity index (χ4v) is 2.38. The molecule has 0 aliphatic rings. The molecule has 0 unspecified atom stereocenters. The third-order valence-electron chi connectivity index (χ3n) is 2.44. The molecule has 0 fully saturated rings. The van der Waals surface area contributed by atoms with Gasteiger partial charge in [0.1, 0.15) is 11.5 Å². The average Bonchev–Trinajstić information content (AvgIpc) is 2.41. The molecule has 0 radical (unpaired) electrons. The zero-order chi connectivity index (χ0) is 14.1. The lowest BCUT2D eigenvalue weighted by Crippen LogP contribution is -2.21. The van der Waals surface area contributed by atoms with E-state index in [2.05, 4.69) is 37.2 Å². The standard InChI is InChI=1S/C13H19Br2NO3/c1-17-7-5-16-4-3-6-19-13-9-10(14)12(18-2)8-11(13)15/h8-9,16H,3-7H2,1-2H3. The van der Waals surface area contributed by atoms with Crippen molar-refractivity contribution in [3.05, 3.63) is 21.1 Å². The quantitative estimate of drug-likeness (QED) is 0.650. The van der Waals surface area contributed by atoms with Gasteiger partial charge in [0, 0.05) is 13.7 Å². The predicted octanol–water partition coefficient (Wildman–Crippen LogP) is 3.23. The van der Waals surface area contributed by atoms with Crippen LogP contribution in [0.1, 0.15) is 6.42 Å². The molecule has 0 aliphatic heterocycles. The lowest BCUT2D eigenvalue weighted by atomic mass is 10.3. The maximum absolute atomic E-state index is 5.72. The van der Waals surface area contributed by atoms with E-state index < -0.39 is 0 Å². The van der Waals surface area contributed by atoms with Crippen LogP contribution in [0.4, 0.5) is 0 Å². The van der Waals surface area contributed by atoms with Crippen molar-refractivity contribution in [2.45, 2.75) is 6.42 Å². The molecule has 0 amide bonds. The van der Waals surface area contributed by atoms with Crippen molar-refractivity contribution >= 4 is 31.9 Å². The highest BCUT2D eigenvalue weighted by Crippen LogP contribution is 2.35. The van der Waals surface area contributed by atoms with Gasteiger partial charge in [-0.25, -0.2) is 0 Å². The van der Waals surface area contributed by atoms with Gasteiger partial charge in [0.2, 0.25) is 0 Å². The van der Waals surface area contributed by atoms with Crippen LogP contribution in [0.3, 0.4) is 0 Å². The van der Waals surface area contributed by atoms with Gasteiger partial charge in [0.25, 0.3) is 0 Å². The van der Waals surface area contributed by atoms with Crippen LogP contribution < -0.4 is 14.8 Å². The van der Waals surface area contributed by atoms with Crippen LogP contribution in [0.15, 0.2) is 21.1 Å². The summed E-state index contributed by atoms with van der Waals surface area (Å²) in [6, 6.07) is 3.79. The van der Waals surface area contributed by atoms with Gasteiger partial charge in [-0.15, -0.1) is 0 Å². The van der Waals surface area contributed by atoms with Crippen LogP contribution in [0.2, 0.25) is 0 Å². The van der Waals surface area contributed by atoms with Gasteiger partial charge in [0.15, 0.2) is 0 Å². The monoisotopic (exact) mass is 395 g/mol. The molecular formula is C13H19Br2NO3. The first-order chi connectivity index (χ1) is 9.19. The molecule has 1 N–H and O–H groups in total. The molecule has 1 aromatic rings. The molecule has 1 rings (SSSR count). The molecule has 0 bridgehead atoms. The summed E-state index contributed by atoms with van der Waals surface area (Å²) in [5, 5.41) is 3.27. The Morgan fingerprint density at radius 1 is 1.00 bits per heavy atom. The van der Waals surface area contributed by atoms with Crippen molar-refractivity contribution in [2.75, 3.05) is 40.5 Å². The largest absolute Gasteiger partial charge is 0.496 e. The molecular weight excluding hydrogens is 378 g/mol. The first kappa shape index (κ1) is 16.8. The van der Waals surface area contributed by atoms with Crippen molar-refractivity contribution in [1.82, 2.24) is 5.32 Å². The molecule has 0 heterocycles. The van der Waals surface area contributed by atoms with Crippen molar-refractivity contribution in [1.29, 1.82) is 0 Å². The summed E-state index contributed by atoms with van der Waals surface area (Å²) in [6.07, 6.45) is 0.944. The summed E-state index contributed by atoms with van der Waals surface area (Å²) in [5.74, 6) is 1.59. The van der Waals surface area contributed by atoms with Crippen LogP contribution in [0, 0.1) is 0 Å². The summed E-state index contributed by atoms with van der Waals surface area (Å²) in [7, 11) is 3.34. The third kappa shape index (κ3) is 6.12. The normalized spacial score (nSPS) is 10.5. The number of hydrogen-bond acceptors (Lipinski definition) is 4. The molecule has 0 saturated heterocycles. The second kappa shape index (κ2) is 9.58. The molecule has 0 aromatic heterocycles. The number of rotatable bonds is 9. The number of benzene rings is 1. The van der Waals surface area contributed by atoms with E-state index in [4.69, 9.17) is 14.2 Å². The Labute approximate surface area is 131 Å². The van der Waals surface area contributed by atoms with E-state index in [9.17, 15) is 0 Å². The second-order valence-corrected chi connectivity index (χ2v) is 5.57.